The van der Waals surface area contributed by atoms with Crippen molar-refractivity contribution in [3.05, 3.63) is 114 Å². The van der Waals surface area contributed by atoms with Gasteiger partial charge in [0.05, 0.1) is 4.90 Å². The van der Waals surface area contributed by atoms with Crippen molar-refractivity contribution in [1.82, 2.24) is 0 Å². The van der Waals surface area contributed by atoms with Crippen LogP contribution in [0.5, 0.6) is 5.75 Å². The Morgan fingerprint density at radius 3 is 2.42 bits per heavy atom. The molecule has 0 aliphatic heterocycles. The minimum absolute atomic E-state index is 0.00843. The molecule has 0 unspecified atom stereocenters. The molecule has 168 valence electrons. The second kappa shape index (κ2) is 9.70. The molecule has 6 nitrogen and oxygen atoms in total. The third-order valence-corrected chi connectivity index (χ3v) is 6.39. The number of nitrogens with one attached hydrogen (secondary N) is 1. The lowest BCUT2D eigenvalue weighted by atomic mass is 10.2. The van der Waals surface area contributed by atoms with Gasteiger partial charge in [0.2, 0.25) is 0 Å². The monoisotopic (exact) mass is 465 g/mol. The number of hydrogen-bond acceptors (Lipinski definition) is 5. The molecule has 8 heteroatoms. The number of anilines is 1. The van der Waals surface area contributed by atoms with E-state index in [-0.39, 0.29) is 34.6 Å². The van der Waals surface area contributed by atoms with Gasteiger partial charge in [0.1, 0.15) is 29.7 Å². The van der Waals surface area contributed by atoms with Gasteiger partial charge in [-0.1, -0.05) is 36.4 Å². The molecule has 0 spiro atoms. The van der Waals surface area contributed by atoms with E-state index in [0.717, 1.165) is 5.56 Å². The van der Waals surface area contributed by atoms with Crippen LogP contribution in [0.25, 0.3) is 0 Å². The Morgan fingerprint density at radius 1 is 0.909 bits per heavy atom. The van der Waals surface area contributed by atoms with Crippen molar-refractivity contribution >= 4 is 21.4 Å². The van der Waals surface area contributed by atoms with Gasteiger partial charge in [-0.3, -0.25) is 4.79 Å². The number of amides is 1. The zero-order valence-corrected chi connectivity index (χ0v) is 18.2. The summed E-state index contributed by atoms with van der Waals surface area (Å²) in [6.45, 7) is 0.245. The highest BCUT2D eigenvalue weighted by atomic mass is 32.2. The maximum atomic E-state index is 13.0. The molecule has 0 aliphatic carbocycles. The fraction of sp³-hybridized carbons (Fsp3) is 0.0800. The van der Waals surface area contributed by atoms with Gasteiger partial charge in [-0.25, -0.2) is 12.8 Å². The van der Waals surface area contributed by atoms with Crippen LogP contribution < -0.4 is 10.1 Å². The lowest BCUT2D eigenvalue weighted by Gasteiger charge is -2.09. The molecule has 33 heavy (non-hydrogen) atoms. The molecule has 1 N–H and O–H groups in total. The van der Waals surface area contributed by atoms with E-state index in [2.05, 4.69) is 5.32 Å². The maximum Gasteiger partial charge on any atom is 0.291 e. The summed E-state index contributed by atoms with van der Waals surface area (Å²) in [7, 11) is -3.58. The number of ether oxygens (including phenoxy) is 1. The molecule has 0 saturated heterocycles. The van der Waals surface area contributed by atoms with Crippen molar-refractivity contribution < 1.29 is 26.8 Å². The summed E-state index contributed by atoms with van der Waals surface area (Å²) >= 11 is 0. The highest BCUT2D eigenvalue weighted by molar-refractivity contribution is 7.90. The molecule has 4 rings (SSSR count). The number of sulfone groups is 1. The van der Waals surface area contributed by atoms with Gasteiger partial charge in [-0.05, 0) is 54.1 Å². The molecule has 1 heterocycles. The van der Waals surface area contributed by atoms with E-state index in [1.54, 1.807) is 54.6 Å². The summed E-state index contributed by atoms with van der Waals surface area (Å²) in [5, 5.41) is 2.70. The molecule has 4 aromatic rings. The van der Waals surface area contributed by atoms with E-state index in [0.29, 0.717) is 11.4 Å². The summed E-state index contributed by atoms with van der Waals surface area (Å²) in [6, 6.07) is 23.7. The van der Waals surface area contributed by atoms with E-state index in [4.69, 9.17) is 9.15 Å². The number of furan rings is 1. The van der Waals surface area contributed by atoms with Crippen molar-refractivity contribution in [2.75, 3.05) is 5.32 Å². The Morgan fingerprint density at radius 2 is 1.67 bits per heavy atom. The summed E-state index contributed by atoms with van der Waals surface area (Å²) < 4.78 is 49.2. The van der Waals surface area contributed by atoms with Crippen LogP contribution in [0.15, 0.2) is 100 Å². The van der Waals surface area contributed by atoms with Crippen molar-refractivity contribution in [2.45, 2.75) is 17.3 Å². The number of benzene rings is 3. The van der Waals surface area contributed by atoms with E-state index in [1.165, 1.54) is 36.4 Å². The minimum Gasteiger partial charge on any atom is -0.489 e. The Labute approximate surface area is 190 Å². The minimum atomic E-state index is -3.58. The van der Waals surface area contributed by atoms with Crippen LogP contribution in [0.2, 0.25) is 0 Å². The molecule has 3 aromatic carbocycles. The van der Waals surface area contributed by atoms with Gasteiger partial charge >= 0.3 is 0 Å². The molecule has 1 amide bonds. The highest BCUT2D eigenvalue weighted by Gasteiger charge is 2.19. The van der Waals surface area contributed by atoms with Crippen LogP contribution in [0.1, 0.15) is 21.9 Å². The first-order valence-corrected chi connectivity index (χ1v) is 11.7. The maximum absolute atomic E-state index is 13.0. The standard InChI is InChI=1S/C25H20FNO5S/c26-19-11-9-18(10-12-19)16-31-21-6-4-5-20(15-21)27-25(28)24-14-13-22(32-24)17-33(29,30)23-7-2-1-3-8-23/h1-15H,16-17H2,(H,27,28). The molecule has 0 radical (unpaired) electrons. The second-order valence-electron chi connectivity index (χ2n) is 7.24. The van der Waals surface area contributed by atoms with Crippen molar-refractivity contribution in [3.8, 4) is 5.75 Å². The fourth-order valence-electron chi connectivity index (χ4n) is 3.08. The lowest BCUT2D eigenvalue weighted by Crippen LogP contribution is -2.11. The first-order chi connectivity index (χ1) is 15.9. The van der Waals surface area contributed by atoms with Crippen LogP contribution in [0, 0.1) is 5.82 Å². The van der Waals surface area contributed by atoms with Crippen molar-refractivity contribution in [1.29, 1.82) is 0 Å². The van der Waals surface area contributed by atoms with Crippen LogP contribution in [-0.4, -0.2) is 14.3 Å². The quantitative estimate of drug-likeness (QED) is 0.385. The zero-order chi connectivity index (χ0) is 23.3. The number of halogens is 1. The first-order valence-electron chi connectivity index (χ1n) is 10.0. The van der Waals surface area contributed by atoms with Gasteiger partial charge in [0.25, 0.3) is 5.91 Å². The fourth-order valence-corrected chi connectivity index (χ4v) is 4.35. The SMILES string of the molecule is O=C(Nc1cccc(OCc2ccc(F)cc2)c1)c1ccc(CS(=O)(=O)c2ccccc2)o1. The van der Waals surface area contributed by atoms with Crippen LogP contribution in [0.3, 0.4) is 0 Å². The third kappa shape index (κ3) is 5.87. The van der Waals surface area contributed by atoms with Gasteiger partial charge < -0.3 is 14.5 Å². The summed E-state index contributed by atoms with van der Waals surface area (Å²) in [5.41, 5.74) is 1.28. The van der Waals surface area contributed by atoms with Gasteiger partial charge in [-0.15, -0.1) is 0 Å². The Balaban J connectivity index is 1.38. The second-order valence-corrected chi connectivity index (χ2v) is 9.22. The lowest BCUT2D eigenvalue weighted by molar-refractivity contribution is 0.0995. The topological polar surface area (TPSA) is 85.6 Å². The van der Waals surface area contributed by atoms with Crippen LogP contribution in [-0.2, 0) is 22.2 Å². The Bertz CT molecular complexity index is 1350. The number of carbonyl (C=O) groups excluding carboxylic acids is 1. The van der Waals surface area contributed by atoms with Gasteiger partial charge in [0.15, 0.2) is 15.6 Å². The molecular weight excluding hydrogens is 445 g/mol. The van der Waals surface area contributed by atoms with E-state index < -0.39 is 15.7 Å². The van der Waals surface area contributed by atoms with Gasteiger partial charge in [-0.2, -0.15) is 0 Å². The molecule has 0 aliphatic rings. The average molecular weight is 466 g/mol. The van der Waals surface area contributed by atoms with Crippen molar-refractivity contribution in [2.24, 2.45) is 0 Å². The first kappa shape index (κ1) is 22.3. The molecule has 0 bridgehead atoms. The zero-order valence-electron chi connectivity index (χ0n) is 17.4. The largest absolute Gasteiger partial charge is 0.489 e. The van der Waals surface area contributed by atoms with Crippen LogP contribution >= 0.6 is 0 Å². The van der Waals surface area contributed by atoms with Crippen LogP contribution in [0.4, 0.5) is 10.1 Å². The Kier molecular flexibility index (Phi) is 6.55. The predicted molar refractivity (Wildman–Crippen MR) is 121 cm³/mol. The van der Waals surface area contributed by atoms with E-state index in [9.17, 15) is 17.6 Å². The summed E-state index contributed by atoms with van der Waals surface area (Å²) in [5.74, 6) is -0.509. The average Bonchev–Trinajstić information content (AvgIpc) is 3.27. The summed E-state index contributed by atoms with van der Waals surface area (Å²) in [4.78, 5) is 12.7. The normalized spacial score (nSPS) is 11.2. The van der Waals surface area contributed by atoms with Crippen molar-refractivity contribution in [3.63, 3.8) is 0 Å². The number of carbonyl (C=O) groups is 1. The van der Waals surface area contributed by atoms with E-state index >= 15 is 0 Å². The number of rotatable bonds is 8. The predicted octanol–water partition coefficient (Wildman–Crippen LogP) is 5.22. The summed E-state index contributed by atoms with van der Waals surface area (Å²) in [6.07, 6.45) is 0. The number of hydrogen-bond donors (Lipinski definition) is 1. The third-order valence-electron chi connectivity index (χ3n) is 4.73. The Hall–Kier alpha value is -3.91. The highest BCUT2D eigenvalue weighted by Crippen LogP contribution is 2.21. The molecular formula is C25H20FNO5S. The van der Waals surface area contributed by atoms with Gasteiger partial charge in [0, 0.05) is 11.8 Å². The smallest absolute Gasteiger partial charge is 0.291 e. The van der Waals surface area contributed by atoms with E-state index in [1.807, 2.05) is 0 Å². The molecule has 0 saturated carbocycles. The molecule has 1 aromatic heterocycles. The molecule has 0 fully saturated rings. The molecule has 0 atom stereocenters.